The van der Waals surface area contributed by atoms with Crippen molar-refractivity contribution in [1.29, 1.82) is 0 Å². The van der Waals surface area contributed by atoms with Gasteiger partial charge in [-0.1, -0.05) is 0 Å². The fraction of sp³-hybridized carbons (Fsp3) is 0.235. The highest BCUT2D eigenvalue weighted by molar-refractivity contribution is 7.90. The van der Waals surface area contributed by atoms with Gasteiger partial charge in [0.1, 0.15) is 11.5 Å². The highest BCUT2D eigenvalue weighted by Gasteiger charge is 2.22. The van der Waals surface area contributed by atoms with Crippen molar-refractivity contribution < 1.29 is 22.7 Å². The van der Waals surface area contributed by atoms with Crippen LogP contribution < -0.4 is 14.8 Å². The van der Waals surface area contributed by atoms with Crippen molar-refractivity contribution in [2.24, 2.45) is 0 Å². The molecule has 2 aromatic carbocycles. The van der Waals surface area contributed by atoms with Crippen molar-refractivity contribution >= 4 is 21.4 Å². The second kappa shape index (κ2) is 6.16. The van der Waals surface area contributed by atoms with Crippen molar-refractivity contribution in [2.45, 2.75) is 17.1 Å². The maximum Gasteiger partial charge on any atom is 0.228 e. The predicted molar refractivity (Wildman–Crippen MR) is 89.2 cm³/mol. The number of methoxy groups -OCH3 is 2. The molecule has 2 aromatic rings. The van der Waals surface area contributed by atoms with Gasteiger partial charge in [0, 0.05) is 11.8 Å². The number of rotatable bonds is 5. The molecule has 0 unspecified atom stereocenters. The predicted octanol–water partition coefficient (Wildman–Crippen LogP) is 2.17. The Labute approximate surface area is 140 Å². The number of ether oxygens (including phenoxy) is 2. The molecule has 126 valence electrons. The third kappa shape index (κ3) is 3.21. The van der Waals surface area contributed by atoms with Gasteiger partial charge in [-0.25, -0.2) is 8.42 Å². The van der Waals surface area contributed by atoms with Crippen LogP contribution in [0.5, 0.6) is 11.5 Å². The first-order valence-corrected chi connectivity index (χ1v) is 8.94. The van der Waals surface area contributed by atoms with E-state index in [9.17, 15) is 13.2 Å². The van der Waals surface area contributed by atoms with E-state index in [2.05, 4.69) is 5.32 Å². The van der Waals surface area contributed by atoms with E-state index in [0.29, 0.717) is 28.3 Å². The highest BCUT2D eigenvalue weighted by atomic mass is 32.2. The smallest absolute Gasteiger partial charge is 0.228 e. The summed E-state index contributed by atoms with van der Waals surface area (Å²) < 4.78 is 35.7. The molecule has 3 rings (SSSR count). The van der Waals surface area contributed by atoms with Crippen LogP contribution in [0.2, 0.25) is 0 Å². The lowest BCUT2D eigenvalue weighted by Crippen LogP contribution is -2.06. The number of hydrogen-bond donors (Lipinski definition) is 1. The minimum Gasteiger partial charge on any atom is -0.497 e. The third-order valence-electron chi connectivity index (χ3n) is 3.83. The molecule has 1 N–H and O–H groups in total. The molecule has 0 radical (unpaired) electrons. The minimum absolute atomic E-state index is 0.128. The summed E-state index contributed by atoms with van der Waals surface area (Å²) in [4.78, 5) is 11.6. The zero-order valence-corrected chi connectivity index (χ0v) is 14.1. The summed E-state index contributed by atoms with van der Waals surface area (Å²) in [5.74, 6) is 0.754. The Balaban J connectivity index is 1.92. The van der Waals surface area contributed by atoms with Gasteiger partial charge in [0.05, 0.1) is 31.3 Å². The second-order valence-electron chi connectivity index (χ2n) is 5.52. The van der Waals surface area contributed by atoms with E-state index in [-0.39, 0.29) is 23.0 Å². The Hall–Kier alpha value is -2.54. The Morgan fingerprint density at radius 3 is 2.33 bits per heavy atom. The number of hydrogen-bond acceptors (Lipinski definition) is 5. The minimum atomic E-state index is -3.55. The van der Waals surface area contributed by atoms with Crippen molar-refractivity contribution in [2.75, 3.05) is 19.5 Å². The molecule has 0 aliphatic carbocycles. The van der Waals surface area contributed by atoms with Crippen molar-refractivity contribution in [3.8, 4) is 11.5 Å². The first kappa shape index (κ1) is 16.3. The number of amides is 1. The Morgan fingerprint density at radius 1 is 1.04 bits per heavy atom. The summed E-state index contributed by atoms with van der Waals surface area (Å²) in [5, 5.41) is 2.69. The molecule has 0 saturated carbocycles. The van der Waals surface area contributed by atoms with Crippen LogP contribution in [-0.2, 0) is 26.8 Å². The van der Waals surface area contributed by atoms with Crippen molar-refractivity contribution in [3.05, 3.63) is 47.5 Å². The summed E-state index contributed by atoms with van der Waals surface area (Å²) >= 11 is 0. The fourth-order valence-electron chi connectivity index (χ4n) is 2.65. The SMILES string of the molecule is COc1cc(CS(=O)(=O)c2ccc3c(c2)CC(=O)N3)cc(OC)c1. The van der Waals surface area contributed by atoms with Crippen molar-refractivity contribution in [1.82, 2.24) is 0 Å². The van der Waals surface area contributed by atoms with Gasteiger partial charge in [-0.05, 0) is 41.5 Å². The molecule has 6 nitrogen and oxygen atoms in total. The zero-order chi connectivity index (χ0) is 17.3. The first-order chi connectivity index (χ1) is 11.4. The Kier molecular flexibility index (Phi) is 4.19. The number of fused-ring (bicyclic) bond motifs is 1. The van der Waals surface area contributed by atoms with E-state index < -0.39 is 9.84 Å². The molecule has 0 fully saturated rings. The normalized spacial score (nSPS) is 13.3. The molecular weight excluding hydrogens is 330 g/mol. The molecule has 1 aliphatic heterocycles. The lowest BCUT2D eigenvalue weighted by Gasteiger charge is -2.10. The zero-order valence-electron chi connectivity index (χ0n) is 13.3. The number of sulfone groups is 1. The molecule has 1 aliphatic rings. The molecule has 1 amide bonds. The standard InChI is InChI=1S/C17H17NO5S/c1-22-13-5-11(6-14(9-13)23-2)10-24(20,21)15-3-4-16-12(7-15)8-17(19)18-16/h3-7,9H,8,10H2,1-2H3,(H,18,19). The Bertz CT molecular complexity index is 883. The van der Waals surface area contributed by atoms with E-state index in [1.54, 1.807) is 30.3 Å². The molecule has 0 bridgehead atoms. The average Bonchev–Trinajstić information content (AvgIpc) is 2.93. The Morgan fingerprint density at radius 2 is 1.71 bits per heavy atom. The number of carbonyl (C=O) groups excluding carboxylic acids is 1. The molecular formula is C17H17NO5S. The molecule has 0 spiro atoms. The molecule has 7 heteroatoms. The summed E-state index contributed by atoms with van der Waals surface area (Å²) in [6.45, 7) is 0. The first-order valence-electron chi connectivity index (χ1n) is 7.29. The van der Waals surface area contributed by atoms with Gasteiger partial charge >= 0.3 is 0 Å². The third-order valence-corrected chi connectivity index (χ3v) is 5.51. The van der Waals surface area contributed by atoms with Crippen LogP contribution in [0.1, 0.15) is 11.1 Å². The van der Waals surface area contributed by atoms with Crippen LogP contribution in [0, 0.1) is 0 Å². The summed E-state index contributed by atoms with van der Waals surface area (Å²) in [7, 11) is -0.530. The van der Waals surface area contributed by atoms with E-state index in [1.165, 1.54) is 20.3 Å². The monoisotopic (exact) mass is 347 g/mol. The van der Waals surface area contributed by atoms with Crippen molar-refractivity contribution in [3.63, 3.8) is 0 Å². The fourth-order valence-corrected chi connectivity index (χ4v) is 4.02. The van der Waals surface area contributed by atoms with Crippen LogP contribution in [-0.4, -0.2) is 28.5 Å². The van der Waals surface area contributed by atoms with Gasteiger partial charge < -0.3 is 14.8 Å². The average molecular weight is 347 g/mol. The quantitative estimate of drug-likeness (QED) is 0.896. The van der Waals surface area contributed by atoms with E-state index in [1.807, 2.05) is 0 Å². The van der Waals surface area contributed by atoms with Crippen LogP contribution >= 0.6 is 0 Å². The second-order valence-corrected chi connectivity index (χ2v) is 7.51. The van der Waals surface area contributed by atoms with Gasteiger partial charge in [0.2, 0.25) is 5.91 Å². The lowest BCUT2D eigenvalue weighted by molar-refractivity contribution is -0.115. The number of anilines is 1. The van der Waals surface area contributed by atoms with E-state index in [0.717, 1.165) is 0 Å². The summed E-state index contributed by atoms with van der Waals surface area (Å²) in [5.41, 5.74) is 1.94. The topological polar surface area (TPSA) is 81.7 Å². The largest absolute Gasteiger partial charge is 0.497 e. The number of nitrogens with one attached hydrogen (secondary N) is 1. The van der Waals surface area contributed by atoms with E-state index in [4.69, 9.17) is 9.47 Å². The van der Waals surface area contributed by atoms with Gasteiger partial charge in [-0.15, -0.1) is 0 Å². The van der Waals surface area contributed by atoms with Crippen LogP contribution in [0.4, 0.5) is 5.69 Å². The molecule has 24 heavy (non-hydrogen) atoms. The lowest BCUT2D eigenvalue weighted by atomic mass is 10.2. The molecule has 0 saturated heterocycles. The van der Waals surface area contributed by atoms with Gasteiger partial charge in [-0.3, -0.25) is 4.79 Å². The molecule has 0 atom stereocenters. The maximum atomic E-state index is 12.7. The summed E-state index contributed by atoms with van der Waals surface area (Å²) in [6.07, 6.45) is 0.200. The van der Waals surface area contributed by atoms with Crippen LogP contribution in [0.25, 0.3) is 0 Å². The molecule has 1 heterocycles. The number of carbonyl (C=O) groups is 1. The van der Waals surface area contributed by atoms with Gasteiger partial charge in [-0.2, -0.15) is 0 Å². The van der Waals surface area contributed by atoms with Crippen LogP contribution in [0.3, 0.4) is 0 Å². The molecule has 0 aromatic heterocycles. The number of benzene rings is 2. The van der Waals surface area contributed by atoms with Gasteiger partial charge in [0.15, 0.2) is 9.84 Å². The van der Waals surface area contributed by atoms with E-state index >= 15 is 0 Å². The maximum absolute atomic E-state index is 12.7. The van der Waals surface area contributed by atoms with Gasteiger partial charge in [0.25, 0.3) is 0 Å². The summed E-state index contributed by atoms with van der Waals surface area (Å²) in [6, 6.07) is 9.70. The van der Waals surface area contributed by atoms with Crippen LogP contribution in [0.15, 0.2) is 41.3 Å². The highest BCUT2D eigenvalue weighted by Crippen LogP contribution is 2.29.